The fraction of sp³-hybridized carbons (Fsp3) is 0.312. The van der Waals surface area contributed by atoms with Gasteiger partial charge in [0.2, 0.25) is 0 Å². The molecule has 2 rings (SSSR count). The Morgan fingerprint density at radius 3 is 2.36 bits per heavy atom. The quantitative estimate of drug-likeness (QED) is 0.591. The smallest absolute Gasteiger partial charge is 0.259 e. The largest absolute Gasteiger partial charge is 0.369 e. The van der Waals surface area contributed by atoms with Crippen LogP contribution in [-0.2, 0) is 0 Å². The molecule has 6 nitrogen and oxygen atoms in total. The fourth-order valence-electron chi connectivity index (χ4n) is 1.99. The number of nitrogens with one attached hydrogen (secondary N) is 2. The van der Waals surface area contributed by atoms with Crippen LogP contribution in [0.2, 0.25) is 0 Å². The first-order valence-corrected chi connectivity index (χ1v) is 7.55. The molecular formula is C16H18F3N5O. The van der Waals surface area contributed by atoms with Crippen LogP contribution in [0.15, 0.2) is 24.3 Å². The molecule has 0 aliphatic heterocycles. The van der Waals surface area contributed by atoms with E-state index in [-0.39, 0.29) is 5.82 Å². The van der Waals surface area contributed by atoms with Crippen molar-refractivity contribution in [2.75, 3.05) is 37.8 Å². The third kappa shape index (κ3) is 5.15. The Kier molecular flexibility index (Phi) is 6.29. The predicted molar refractivity (Wildman–Crippen MR) is 88.0 cm³/mol. The fourth-order valence-corrected chi connectivity index (χ4v) is 1.99. The molecule has 0 bridgehead atoms. The van der Waals surface area contributed by atoms with Gasteiger partial charge in [-0.1, -0.05) is 0 Å². The van der Waals surface area contributed by atoms with Crippen LogP contribution in [-0.4, -0.2) is 48.2 Å². The molecule has 1 aromatic heterocycles. The highest BCUT2D eigenvalue weighted by atomic mass is 19.2. The van der Waals surface area contributed by atoms with Crippen molar-refractivity contribution in [3.8, 4) is 0 Å². The summed E-state index contributed by atoms with van der Waals surface area (Å²) in [5.41, 5.74) is -0.619. The number of hydrogen-bond donors (Lipinski definition) is 2. The molecule has 0 radical (unpaired) electrons. The maximum Gasteiger partial charge on any atom is 0.259 e. The highest BCUT2D eigenvalue weighted by Gasteiger charge is 2.19. The van der Waals surface area contributed by atoms with E-state index in [1.807, 2.05) is 14.1 Å². The second kappa shape index (κ2) is 8.43. The molecule has 0 aliphatic carbocycles. The van der Waals surface area contributed by atoms with E-state index in [0.29, 0.717) is 18.4 Å². The monoisotopic (exact) mass is 353 g/mol. The van der Waals surface area contributed by atoms with Crippen LogP contribution in [0, 0.1) is 17.5 Å². The standard InChI is InChI=1S/C16H18F3N5O/c1-24(2)9-3-8-20-12-6-7-13(23-22-12)21-16(25)10-4-5-11(17)15(19)14(10)18/h4-7H,3,8-9H2,1-2H3,(H,20,22)(H,21,23,25). The lowest BCUT2D eigenvalue weighted by molar-refractivity contribution is 0.102. The molecule has 0 spiro atoms. The van der Waals surface area contributed by atoms with Gasteiger partial charge in [-0.05, 0) is 51.3 Å². The van der Waals surface area contributed by atoms with Crippen LogP contribution in [0.1, 0.15) is 16.8 Å². The lowest BCUT2D eigenvalue weighted by atomic mass is 10.2. The van der Waals surface area contributed by atoms with Gasteiger partial charge in [-0.2, -0.15) is 0 Å². The zero-order valence-corrected chi connectivity index (χ0v) is 13.8. The van der Waals surface area contributed by atoms with Gasteiger partial charge in [-0.3, -0.25) is 4.79 Å². The summed E-state index contributed by atoms with van der Waals surface area (Å²) in [5, 5.41) is 13.0. The van der Waals surface area contributed by atoms with Gasteiger partial charge in [0.05, 0.1) is 5.56 Å². The van der Waals surface area contributed by atoms with E-state index < -0.39 is 28.9 Å². The maximum atomic E-state index is 13.6. The first kappa shape index (κ1) is 18.7. The van der Waals surface area contributed by atoms with Crippen molar-refractivity contribution >= 4 is 17.5 Å². The van der Waals surface area contributed by atoms with Gasteiger partial charge in [0.15, 0.2) is 23.3 Å². The van der Waals surface area contributed by atoms with Gasteiger partial charge in [-0.15, -0.1) is 10.2 Å². The summed E-state index contributed by atoms with van der Waals surface area (Å²) >= 11 is 0. The first-order valence-electron chi connectivity index (χ1n) is 7.55. The van der Waals surface area contributed by atoms with Gasteiger partial charge < -0.3 is 15.5 Å². The molecule has 0 saturated heterocycles. The van der Waals surface area contributed by atoms with Crippen molar-refractivity contribution in [1.29, 1.82) is 0 Å². The molecule has 0 atom stereocenters. The molecule has 0 fully saturated rings. The molecule has 0 saturated carbocycles. The molecule has 9 heteroatoms. The van der Waals surface area contributed by atoms with Crippen molar-refractivity contribution in [3.05, 3.63) is 47.3 Å². The Bertz CT molecular complexity index is 737. The second-order valence-corrected chi connectivity index (χ2v) is 5.56. The Labute approximate surface area is 143 Å². The minimum atomic E-state index is -1.70. The third-order valence-corrected chi connectivity index (χ3v) is 3.27. The van der Waals surface area contributed by atoms with Crippen molar-refractivity contribution < 1.29 is 18.0 Å². The average Bonchev–Trinajstić information content (AvgIpc) is 2.58. The molecule has 134 valence electrons. The van der Waals surface area contributed by atoms with E-state index >= 15 is 0 Å². The third-order valence-electron chi connectivity index (χ3n) is 3.27. The minimum absolute atomic E-state index is 0.0629. The van der Waals surface area contributed by atoms with E-state index in [2.05, 4.69) is 25.7 Å². The molecule has 1 amide bonds. The van der Waals surface area contributed by atoms with Crippen molar-refractivity contribution in [2.45, 2.75) is 6.42 Å². The maximum absolute atomic E-state index is 13.6. The van der Waals surface area contributed by atoms with Gasteiger partial charge in [0.1, 0.15) is 5.82 Å². The molecule has 2 N–H and O–H groups in total. The second-order valence-electron chi connectivity index (χ2n) is 5.56. The number of aromatic nitrogens is 2. The van der Waals surface area contributed by atoms with Gasteiger partial charge in [0, 0.05) is 6.54 Å². The molecule has 0 aliphatic rings. The molecular weight excluding hydrogens is 335 g/mol. The summed E-state index contributed by atoms with van der Waals surface area (Å²) in [7, 11) is 3.96. The summed E-state index contributed by atoms with van der Waals surface area (Å²) in [6.07, 6.45) is 0.919. The highest BCUT2D eigenvalue weighted by Crippen LogP contribution is 2.16. The van der Waals surface area contributed by atoms with Crippen LogP contribution in [0.3, 0.4) is 0 Å². The SMILES string of the molecule is CN(C)CCCNc1ccc(NC(=O)c2ccc(F)c(F)c2F)nn1. The molecule has 0 unspecified atom stereocenters. The lowest BCUT2D eigenvalue weighted by Crippen LogP contribution is -2.17. The zero-order chi connectivity index (χ0) is 18.4. The van der Waals surface area contributed by atoms with Crippen LogP contribution in [0.25, 0.3) is 0 Å². The van der Waals surface area contributed by atoms with Crippen LogP contribution in [0.4, 0.5) is 24.8 Å². The van der Waals surface area contributed by atoms with Crippen molar-refractivity contribution in [2.24, 2.45) is 0 Å². The summed E-state index contributed by atoms with van der Waals surface area (Å²) < 4.78 is 39.6. The number of halogens is 3. The van der Waals surface area contributed by atoms with E-state index in [4.69, 9.17) is 0 Å². The Morgan fingerprint density at radius 1 is 1.04 bits per heavy atom. The number of nitrogens with zero attached hydrogens (tertiary/aromatic N) is 3. The van der Waals surface area contributed by atoms with E-state index in [1.165, 1.54) is 6.07 Å². The predicted octanol–water partition coefficient (Wildman–Crippen LogP) is 2.51. The number of carbonyl (C=O) groups is 1. The Morgan fingerprint density at radius 2 is 1.72 bits per heavy atom. The summed E-state index contributed by atoms with van der Waals surface area (Å²) in [5.74, 6) is -4.97. The number of anilines is 2. The Balaban J connectivity index is 1.95. The summed E-state index contributed by atoms with van der Waals surface area (Å²) in [4.78, 5) is 14.0. The van der Waals surface area contributed by atoms with E-state index in [1.54, 1.807) is 6.07 Å². The van der Waals surface area contributed by atoms with E-state index in [0.717, 1.165) is 19.0 Å². The summed E-state index contributed by atoms with van der Waals surface area (Å²) in [6.45, 7) is 1.63. The first-order chi connectivity index (χ1) is 11.9. The Hall–Kier alpha value is -2.68. The van der Waals surface area contributed by atoms with Crippen LogP contribution < -0.4 is 10.6 Å². The molecule has 25 heavy (non-hydrogen) atoms. The topological polar surface area (TPSA) is 70.2 Å². The van der Waals surface area contributed by atoms with Gasteiger partial charge >= 0.3 is 0 Å². The highest BCUT2D eigenvalue weighted by molar-refractivity contribution is 6.03. The summed E-state index contributed by atoms with van der Waals surface area (Å²) in [6, 6.07) is 4.60. The van der Waals surface area contributed by atoms with Crippen LogP contribution in [0.5, 0.6) is 0 Å². The van der Waals surface area contributed by atoms with Crippen molar-refractivity contribution in [3.63, 3.8) is 0 Å². The number of carbonyl (C=O) groups excluding carboxylic acids is 1. The zero-order valence-electron chi connectivity index (χ0n) is 13.8. The number of benzene rings is 1. The number of hydrogen-bond acceptors (Lipinski definition) is 5. The van der Waals surface area contributed by atoms with Crippen LogP contribution >= 0.6 is 0 Å². The number of rotatable bonds is 7. The molecule has 1 aromatic carbocycles. The van der Waals surface area contributed by atoms with Gasteiger partial charge in [0.25, 0.3) is 5.91 Å². The molecule has 1 heterocycles. The minimum Gasteiger partial charge on any atom is -0.369 e. The molecule has 2 aromatic rings. The normalized spacial score (nSPS) is 10.8. The van der Waals surface area contributed by atoms with Gasteiger partial charge in [-0.25, -0.2) is 13.2 Å². The average molecular weight is 353 g/mol. The lowest BCUT2D eigenvalue weighted by Gasteiger charge is -2.10. The van der Waals surface area contributed by atoms with Crippen molar-refractivity contribution in [1.82, 2.24) is 15.1 Å². The number of amides is 1. The van der Waals surface area contributed by atoms with E-state index in [9.17, 15) is 18.0 Å².